The number of aromatic nitrogens is 1. The van der Waals surface area contributed by atoms with E-state index in [9.17, 15) is 9.59 Å². The standard InChI is InChI=1S/C16H23N3O2/c1-5-16(6-2)15(21)19(12(4)14(20)18-16)10-13-7-8-17-9-11(13)3/h7-9,12H,5-6,10H2,1-4H3,(H,18,20). The van der Waals surface area contributed by atoms with Crippen LogP contribution in [0.2, 0.25) is 0 Å². The Balaban J connectivity index is 2.34. The van der Waals surface area contributed by atoms with Crippen LogP contribution in [-0.2, 0) is 16.1 Å². The van der Waals surface area contributed by atoms with E-state index in [1.54, 1.807) is 24.2 Å². The van der Waals surface area contributed by atoms with Crippen LogP contribution in [0.4, 0.5) is 0 Å². The van der Waals surface area contributed by atoms with Crippen LogP contribution in [0.3, 0.4) is 0 Å². The summed E-state index contributed by atoms with van der Waals surface area (Å²) < 4.78 is 0. The molecule has 1 saturated heterocycles. The average Bonchev–Trinajstić information content (AvgIpc) is 2.49. The Kier molecular flexibility index (Phi) is 4.30. The van der Waals surface area contributed by atoms with Crippen LogP contribution in [-0.4, -0.2) is 33.3 Å². The van der Waals surface area contributed by atoms with Gasteiger partial charge in [0.15, 0.2) is 0 Å². The lowest BCUT2D eigenvalue weighted by Crippen LogP contribution is -2.69. The SMILES string of the molecule is CCC1(CC)NC(=O)C(C)N(Cc2ccncc2C)C1=O. The maximum atomic E-state index is 12.9. The van der Waals surface area contributed by atoms with Gasteiger partial charge in [-0.2, -0.15) is 0 Å². The van der Waals surface area contributed by atoms with Crippen molar-refractivity contribution in [2.75, 3.05) is 0 Å². The Morgan fingerprint density at radius 1 is 1.33 bits per heavy atom. The fraction of sp³-hybridized carbons (Fsp3) is 0.562. The van der Waals surface area contributed by atoms with Crippen molar-refractivity contribution in [3.8, 4) is 0 Å². The topological polar surface area (TPSA) is 62.3 Å². The number of carbonyl (C=O) groups excluding carboxylic acids is 2. The molecule has 1 unspecified atom stereocenters. The molecule has 1 aromatic heterocycles. The summed E-state index contributed by atoms with van der Waals surface area (Å²) >= 11 is 0. The van der Waals surface area contributed by atoms with E-state index in [0.717, 1.165) is 11.1 Å². The number of nitrogens with zero attached hydrogens (tertiary/aromatic N) is 2. The lowest BCUT2D eigenvalue weighted by molar-refractivity contribution is -0.155. The maximum Gasteiger partial charge on any atom is 0.249 e. The molecule has 21 heavy (non-hydrogen) atoms. The number of rotatable bonds is 4. The highest BCUT2D eigenvalue weighted by atomic mass is 16.2. The molecule has 0 spiro atoms. The van der Waals surface area contributed by atoms with Gasteiger partial charge in [-0.3, -0.25) is 14.6 Å². The van der Waals surface area contributed by atoms with Gasteiger partial charge in [0.1, 0.15) is 11.6 Å². The minimum Gasteiger partial charge on any atom is -0.340 e. The van der Waals surface area contributed by atoms with Crippen LogP contribution in [0, 0.1) is 6.92 Å². The van der Waals surface area contributed by atoms with Crippen LogP contribution < -0.4 is 5.32 Å². The van der Waals surface area contributed by atoms with E-state index in [4.69, 9.17) is 0 Å². The van der Waals surface area contributed by atoms with Crippen LogP contribution >= 0.6 is 0 Å². The third-order valence-electron chi connectivity index (χ3n) is 4.56. The Bertz CT molecular complexity index is 552. The number of aryl methyl sites for hydroxylation is 1. The van der Waals surface area contributed by atoms with Crippen LogP contribution in [0.25, 0.3) is 0 Å². The average molecular weight is 289 g/mol. The van der Waals surface area contributed by atoms with E-state index in [-0.39, 0.29) is 11.8 Å². The Morgan fingerprint density at radius 3 is 2.57 bits per heavy atom. The molecule has 1 aliphatic heterocycles. The minimum absolute atomic E-state index is 0.0100. The van der Waals surface area contributed by atoms with Gasteiger partial charge in [-0.25, -0.2) is 0 Å². The van der Waals surface area contributed by atoms with Crippen molar-refractivity contribution in [3.05, 3.63) is 29.6 Å². The maximum absolute atomic E-state index is 12.9. The number of pyridine rings is 1. The van der Waals surface area contributed by atoms with Crippen molar-refractivity contribution in [1.82, 2.24) is 15.2 Å². The van der Waals surface area contributed by atoms with Crippen LogP contribution in [0.1, 0.15) is 44.7 Å². The summed E-state index contributed by atoms with van der Waals surface area (Å²) in [4.78, 5) is 30.9. The monoisotopic (exact) mass is 289 g/mol. The molecular formula is C16H23N3O2. The van der Waals surface area contributed by atoms with Gasteiger partial charge < -0.3 is 10.2 Å². The molecule has 114 valence electrons. The Labute approximate surface area is 125 Å². The van der Waals surface area contributed by atoms with Gasteiger partial charge in [-0.1, -0.05) is 13.8 Å². The zero-order chi connectivity index (χ0) is 15.6. The smallest absolute Gasteiger partial charge is 0.249 e. The van der Waals surface area contributed by atoms with Gasteiger partial charge in [-0.15, -0.1) is 0 Å². The van der Waals surface area contributed by atoms with Crippen molar-refractivity contribution in [2.24, 2.45) is 0 Å². The summed E-state index contributed by atoms with van der Waals surface area (Å²) in [5.41, 5.74) is 1.30. The predicted octanol–water partition coefficient (Wildman–Crippen LogP) is 1.80. The predicted molar refractivity (Wildman–Crippen MR) is 80.4 cm³/mol. The number of carbonyl (C=O) groups is 2. The molecule has 2 rings (SSSR count). The van der Waals surface area contributed by atoms with E-state index in [0.29, 0.717) is 19.4 Å². The van der Waals surface area contributed by atoms with Crippen molar-refractivity contribution in [2.45, 2.75) is 58.7 Å². The summed E-state index contributed by atoms with van der Waals surface area (Å²) in [6.45, 7) is 8.07. The van der Waals surface area contributed by atoms with Gasteiger partial charge in [0.2, 0.25) is 11.8 Å². The fourth-order valence-corrected chi connectivity index (χ4v) is 2.79. The first-order valence-corrected chi connectivity index (χ1v) is 7.47. The largest absolute Gasteiger partial charge is 0.340 e. The first kappa shape index (κ1) is 15.5. The van der Waals surface area contributed by atoms with E-state index in [2.05, 4.69) is 10.3 Å². The molecule has 0 aliphatic carbocycles. The molecule has 0 radical (unpaired) electrons. The molecule has 1 aromatic rings. The molecule has 5 nitrogen and oxygen atoms in total. The Morgan fingerprint density at radius 2 is 2.00 bits per heavy atom. The van der Waals surface area contributed by atoms with E-state index >= 15 is 0 Å². The van der Waals surface area contributed by atoms with Crippen molar-refractivity contribution in [1.29, 1.82) is 0 Å². The van der Waals surface area contributed by atoms with E-state index in [1.165, 1.54) is 0 Å². The number of piperazine rings is 1. The molecule has 1 fully saturated rings. The van der Waals surface area contributed by atoms with Gasteiger partial charge in [0.25, 0.3) is 0 Å². The summed E-state index contributed by atoms with van der Waals surface area (Å²) in [5, 5.41) is 2.92. The van der Waals surface area contributed by atoms with Crippen molar-refractivity contribution >= 4 is 11.8 Å². The first-order chi connectivity index (χ1) is 9.95. The second-order valence-electron chi connectivity index (χ2n) is 5.69. The third kappa shape index (κ3) is 2.64. The third-order valence-corrected chi connectivity index (χ3v) is 4.56. The molecule has 5 heteroatoms. The number of hydrogen-bond acceptors (Lipinski definition) is 3. The quantitative estimate of drug-likeness (QED) is 0.919. The van der Waals surface area contributed by atoms with Crippen molar-refractivity contribution in [3.63, 3.8) is 0 Å². The minimum atomic E-state index is -0.759. The van der Waals surface area contributed by atoms with Gasteiger partial charge in [0.05, 0.1) is 0 Å². The van der Waals surface area contributed by atoms with Crippen molar-refractivity contribution < 1.29 is 9.59 Å². The molecule has 2 amide bonds. The normalized spacial score (nSPS) is 21.3. The van der Waals surface area contributed by atoms with E-state index < -0.39 is 11.6 Å². The zero-order valence-electron chi connectivity index (χ0n) is 13.1. The fourth-order valence-electron chi connectivity index (χ4n) is 2.79. The molecular weight excluding hydrogens is 266 g/mol. The van der Waals surface area contributed by atoms with Crippen LogP contribution in [0.15, 0.2) is 18.5 Å². The van der Waals surface area contributed by atoms with Gasteiger partial charge in [0, 0.05) is 18.9 Å². The summed E-state index contributed by atoms with van der Waals surface area (Å²) in [5.74, 6) is -0.0687. The lowest BCUT2D eigenvalue weighted by atomic mass is 9.87. The Hall–Kier alpha value is -1.91. The molecule has 1 aliphatic rings. The molecule has 1 N–H and O–H groups in total. The summed E-state index contributed by atoms with van der Waals surface area (Å²) in [6.07, 6.45) is 4.70. The van der Waals surface area contributed by atoms with E-state index in [1.807, 2.05) is 26.8 Å². The number of nitrogens with one attached hydrogen (secondary N) is 1. The molecule has 0 aromatic carbocycles. The molecule has 0 saturated carbocycles. The highest BCUT2D eigenvalue weighted by Gasteiger charge is 2.47. The highest BCUT2D eigenvalue weighted by molar-refractivity contribution is 5.99. The highest BCUT2D eigenvalue weighted by Crippen LogP contribution is 2.26. The van der Waals surface area contributed by atoms with Gasteiger partial charge in [-0.05, 0) is 43.9 Å². The summed E-state index contributed by atoms with van der Waals surface area (Å²) in [6, 6.07) is 1.46. The summed E-state index contributed by atoms with van der Waals surface area (Å²) in [7, 11) is 0. The lowest BCUT2D eigenvalue weighted by Gasteiger charge is -2.44. The second-order valence-corrected chi connectivity index (χ2v) is 5.69. The molecule has 0 bridgehead atoms. The first-order valence-electron chi connectivity index (χ1n) is 7.47. The van der Waals surface area contributed by atoms with Crippen LogP contribution in [0.5, 0.6) is 0 Å². The molecule has 2 heterocycles. The molecule has 1 atom stereocenters. The second kappa shape index (κ2) is 5.84. The van der Waals surface area contributed by atoms with Gasteiger partial charge >= 0.3 is 0 Å². The number of hydrogen-bond donors (Lipinski definition) is 1. The zero-order valence-corrected chi connectivity index (χ0v) is 13.1. The number of amides is 2.